The van der Waals surface area contributed by atoms with Crippen LogP contribution in [0.15, 0.2) is 48.4 Å². The number of thiazole rings is 1. The Bertz CT molecular complexity index is 2480. The fraction of sp³-hybridized carbons (Fsp3) is 0.623. The summed E-state index contributed by atoms with van der Waals surface area (Å²) >= 11 is 1.57. The molecule has 74 heavy (non-hydrogen) atoms. The van der Waals surface area contributed by atoms with E-state index in [1.165, 1.54) is 10.5 Å². The monoisotopic (exact) mass is 1040 g/mol. The summed E-state index contributed by atoms with van der Waals surface area (Å²) in [6.07, 6.45) is 7.42. The minimum Gasteiger partial charge on any atom is -0.391 e. The Balaban J connectivity index is 0.693. The summed E-state index contributed by atoms with van der Waals surface area (Å²) < 4.78 is 18.6. The van der Waals surface area contributed by atoms with Gasteiger partial charge in [0.1, 0.15) is 30.5 Å². The van der Waals surface area contributed by atoms with Crippen molar-refractivity contribution in [2.75, 3.05) is 84.2 Å². The number of hydrogen-bond acceptors (Lipinski definition) is 15. The largest absolute Gasteiger partial charge is 0.391 e. The average molecular weight is 1040 g/mol. The molecule has 5 heterocycles. The number of piperazine rings is 1. The first-order chi connectivity index (χ1) is 35.5. The van der Waals surface area contributed by atoms with Gasteiger partial charge in [0.15, 0.2) is 5.82 Å². The van der Waals surface area contributed by atoms with Gasteiger partial charge in [-0.05, 0) is 66.7 Å². The zero-order valence-electron chi connectivity index (χ0n) is 44.0. The number of fused-ring (bicyclic) bond motifs is 1. The Morgan fingerprint density at radius 1 is 0.851 bits per heavy atom. The average Bonchev–Trinajstić information content (AvgIpc) is 4.14. The molecular weight excluding hydrogens is 967 g/mol. The molecule has 0 spiro atoms. The SMILES string of the molecule is Cc1ncsc1-c1ccc(CNC(=O)[C@@H]2C[C@@H](O)CN2C(=O)[C@@H](NC(=O)COCCOCCOCCNC(=O)CCC(=O)N2CCN(C3CCC(Nc4ncnn5ccc(C(C)C)c45)CC3)CC2)C(C)(C)C)cc1. The highest BCUT2D eigenvalue weighted by Crippen LogP contribution is 2.31. The zero-order chi connectivity index (χ0) is 52.8. The zero-order valence-corrected chi connectivity index (χ0v) is 44.8. The second kappa shape index (κ2) is 26.8. The number of nitrogens with zero attached hydrogens (tertiary/aromatic N) is 7. The number of carbonyl (C=O) groups excluding carboxylic acids is 5. The number of aromatic nitrogens is 4. The Hall–Kier alpha value is -5.58. The van der Waals surface area contributed by atoms with Gasteiger partial charge >= 0.3 is 0 Å². The van der Waals surface area contributed by atoms with Crippen LogP contribution in [0.25, 0.3) is 16.0 Å². The van der Waals surface area contributed by atoms with Crippen LogP contribution in [0.5, 0.6) is 0 Å². The molecule has 2 aliphatic heterocycles. The number of carbonyl (C=O) groups is 5. The standard InChI is InChI=1S/C53H77N11O9S/c1-35(2)42-17-19-64-47(42)50(56-33-58-64)59-39-11-13-40(14-12-39)61-20-22-62(23-21-61)46(68)16-15-44(66)54-18-24-71-25-26-72-27-28-73-32-45(67)60-49(53(4,5)6)52(70)63-31-41(65)29-43(63)51(69)55-30-37-7-9-38(10-8-37)48-36(3)57-34-74-48/h7-10,17,19,33-35,39-41,43,49,65H,11-16,18,20-32H2,1-6H3,(H,54,66)(H,55,69)(H,60,67)(H,56,58,59)/t39?,40?,41-,43+,49-/m1/s1. The van der Waals surface area contributed by atoms with Gasteiger partial charge in [0.2, 0.25) is 29.5 Å². The van der Waals surface area contributed by atoms with Crippen molar-refractivity contribution in [2.24, 2.45) is 5.41 Å². The van der Waals surface area contributed by atoms with Crippen molar-refractivity contribution in [3.05, 3.63) is 65.2 Å². The minimum atomic E-state index is -0.978. The smallest absolute Gasteiger partial charge is 0.246 e. The van der Waals surface area contributed by atoms with Crippen LogP contribution in [0.1, 0.15) is 102 Å². The third-order valence-electron chi connectivity index (χ3n) is 14.2. The van der Waals surface area contributed by atoms with Gasteiger partial charge < -0.3 is 50.4 Å². The molecule has 0 bridgehead atoms. The fourth-order valence-corrected chi connectivity index (χ4v) is 10.8. The molecule has 5 N–H and O–H groups in total. The second-order valence-corrected chi connectivity index (χ2v) is 21.8. The summed E-state index contributed by atoms with van der Waals surface area (Å²) in [5.74, 6) is -0.240. The Morgan fingerprint density at radius 3 is 2.23 bits per heavy atom. The predicted octanol–water partition coefficient (Wildman–Crippen LogP) is 3.91. The molecule has 4 aromatic rings. The van der Waals surface area contributed by atoms with Crippen LogP contribution >= 0.6 is 11.3 Å². The summed E-state index contributed by atoms with van der Waals surface area (Å²) in [5.41, 5.74) is 6.29. The van der Waals surface area contributed by atoms with Crippen LogP contribution in [-0.4, -0.2) is 178 Å². The maximum atomic E-state index is 13.9. The van der Waals surface area contributed by atoms with Crippen molar-refractivity contribution in [2.45, 2.75) is 129 Å². The van der Waals surface area contributed by atoms with E-state index in [1.807, 2.05) is 73.1 Å². The van der Waals surface area contributed by atoms with E-state index in [0.717, 1.165) is 71.8 Å². The lowest BCUT2D eigenvalue weighted by Crippen LogP contribution is -2.58. The number of rotatable bonds is 24. The number of aryl methyl sites for hydroxylation is 1. The van der Waals surface area contributed by atoms with E-state index in [2.05, 4.69) is 61.1 Å². The van der Waals surface area contributed by atoms with E-state index in [9.17, 15) is 29.1 Å². The molecule has 20 nitrogen and oxygen atoms in total. The first kappa shape index (κ1) is 56.2. The molecule has 2 saturated heterocycles. The van der Waals surface area contributed by atoms with Crippen molar-refractivity contribution < 1.29 is 43.3 Å². The number of ether oxygens (including phenoxy) is 3. The number of benzene rings is 1. The Kier molecular flexibility index (Phi) is 20.3. The molecular formula is C53H77N11O9S. The van der Waals surface area contributed by atoms with Gasteiger partial charge in [-0.1, -0.05) is 58.9 Å². The van der Waals surface area contributed by atoms with Gasteiger partial charge in [0, 0.05) is 83.4 Å². The Labute approximate surface area is 438 Å². The number of β-amino-alcohol motifs (C(OH)–C–C–N with tert-alkyl or cyclic N) is 1. The number of nitrogens with one attached hydrogen (secondary N) is 4. The van der Waals surface area contributed by atoms with E-state index in [1.54, 1.807) is 17.7 Å². The van der Waals surface area contributed by atoms with E-state index < -0.39 is 35.4 Å². The maximum absolute atomic E-state index is 13.9. The van der Waals surface area contributed by atoms with Crippen LogP contribution in [0, 0.1) is 12.3 Å². The molecule has 1 aromatic carbocycles. The van der Waals surface area contributed by atoms with Crippen LogP contribution in [0.4, 0.5) is 5.82 Å². The highest BCUT2D eigenvalue weighted by molar-refractivity contribution is 7.13. The number of anilines is 1. The van der Waals surface area contributed by atoms with Crippen LogP contribution < -0.4 is 21.3 Å². The lowest BCUT2D eigenvalue weighted by Gasteiger charge is -2.42. The Morgan fingerprint density at radius 2 is 1.55 bits per heavy atom. The van der Waals surface area contributed by atoms with Gasteiger partial charge in [0.05, 0.1) is 55.2 Å². The van der Waals surface area contributed by atoms with E-state index >= 15 is 0 Å². The number of aliphatic hydroxyl groups is 1. The lowest BCUT2D eigenvalue weighted by molar-refractivity contribution is -0.144. The summed E-state index contributed by atoms with van der Waals surface area (Å²) in [6, 6.07) is 8.96. The summed E-state index contributed by atoms with van der Waals surface area (Å²) in [7, 11) is 0. The third kappa shape index (κ3) is 15.5. The van der Waals surface area contributed by atoms with Crippen molar-refractivity contribution in [3.8, 4) is 10.4 Å². The molecule has 3 aromatic heterocycles. The van der Waals surface area contributed by atoms with Crippen molar-refractivity contribution in [1.29, 1.82) is 0 Å². The van der Waals surface area contributed by atoms with E-state index in [4.69, 9.17) is 14.2 Å². The predicted molar refractivity (Wildman–Crippen MR) is 281 cm³/mol. The van der Waals surface area contributed by atoms with Gasteiger partial charge in [-0.25, -0.2) is 14.5 Å². The number of likely N-dealkylation sites (tertiary alicyclic amines) is 1. The topological polar surface area (TPSA) is 234 Å². The quantitative estimate of drug-likeness (QED) is 0.0627. The summed E-state index contributed by atoms with van der Waals surface area (Å²) in [6.45, 7) is 16.2. The molecule has 1 saturated carbocycles. The fourth-order valence-electron chi connectivity index (χ4n) is 9.98. The number of aliphatic hydroxyl groups excluding tert-OH is 1. The van der Waals surface area contributed by atoms with Crippen molar-refractivity contribution >= 4 is 52.2 Å². The van der Waals surface area contributed by atoms with Gasteiger partial charge in [-0.2, -0.15) is 5.10 Å². The number of hydrogen-bond donors (Lipinski definition) is 5. The van der Waals surface area contributed by atoms with Crippen molar-refractivity contribution in [1.82, 2.24) is 50.2 Å². The molecule has 0 unspecified atom stereocenters. The van der Waals surface area contributed by atoms with Gasteiger partial charge in [0.25, 0.3) is 0 Å². The maximum Gasteiger partial charge on any atom is 0.246 e. The molecule has 3 aliphatic rings. The van der Waals surface area contributed by atoms with E-state index in [0.29, 0.717) is 44.2 Å². The summed E-state index contributed by atoms with van der Waals surface area (Å²) in [4.78, 5) is 81.6. The molecule has 0 radical (unpaired) electrons. The minimum absolute atomic E-state index is 0.00454. The van der Waals surface area contributed by atoms with Crippen LogP contribution in [0.2, 0.25) is 0 Å². The third-order valence-corrected chi connectivity index (χ3v) is 15.1. The molecule has 5 amide bonds. The highest BCUT2D eigenvalue weighted by Gasteiger charge is 2.44. The molecule has 1 aliphatic carbocycles. The van der Waals surface area contributed by atoms with Crippen molar-refractivity contribution in [3.63, 3.8) is 0 Å². The normalized spacial score (nSPS) is 19.9. The molecule has 3 atom stereocenters. The van der Waals surface area contributed by atoms with E-state index in [-0.39, 0.29) is 83.1 Å². The first-order valence-electron chi connectivity index (χ1n) is 26.2. The van der Waals surface area contributed by atoms with Gasteiger partial charge in [-0.15, -0.1) is 11.3 Å². The van der Waals surface area contributed by atoms with Crippen LogP contribution in [0.3, 0.4) is 0 Å². The molecule has 21 heteroatoms. The molecule has 404 valence electrons. The van der Waals surface area contributed by atoms with Gasteiger partial charge in [-0.3, -0.25) is 28.9 Å². The molecule has 7 rings (SSSR count). The highest BCUT2D eigenvalue weighted by atomic mass is 32.1. The second-order valence-electron chi connectivity index (χ2n) is 21.0. The summed E-state index contributed by atoms with van der Waals surface area (Å²) in [5, 5.41) is 27.2. The van der Waals surface area contributed by atoms with Crippen LogP contribution in [-0.2, 0) is 44.7 Å². The molecule has 3 fully saturated rings. The number of amides is 5. The lowest BCUT2D eigenvalue weighted by atomic mass is 9.85. The first-order valence-corrected chi connectivity index (χ1v) is 27.1.